The number of carbonyl (C=O) groups is 2. The van der Waals surface area contributed by atoms with E-state index in [4.69, 9.17) is 16.3 Å². The van der Waals surface area contributed by atoms with Gasteiger partial charge in [-0.25, -0.2) is 9.18 Å². The smallest absolute Gasteiger partial charge is 0.340 e. The molecule has 0 saturated carbocycles. The number of hydrogen-bond donors (Lipinski definition) is 1. The molecular weight excluding hydrogens is 329 g/mol. The Bertz CT molecular complexity index is 675. The topological polar surface area (TPSA) is 55.4 Å². The second kappa shape index (κ2) is 7.38. The molecule has 2 rings (SSSR count). The summed E-state index contributed by atoms with van der Waals surface area (Å²) in [7, 11) is 0. The Kier molecular flexibility index (Phi) is 5.51. The molecule has 0 fully saturated rings. The first kappa shape index (κ1) is 16.5. The van der Waals surface area contributed by atoms with Crippen LogP contribution in [0.15, 0.2) is 35.7 Å². The molecule has 0 aliphatic carbocycles. The number of rotatable bonds is 5. The van der Waals surface area contributed by atoms with Crippen molar-refractivity contribution in [3.8, 4) is 0 Å². The maximum Gasteiger partial charge on any atom is 0.340 e. The molecule has 1 aromatic carbocycles. The molecule has 1 amide bonds. The van der Waals surface area contributed by atoms with E-state index in [0.717, 1.165) is 17.0 Å². The van der Waals surface area contributed by atoms with Gasteiger partial charge in [0.05, 0.1) is 16.6 Å². The molecule has 1 N–H and O–H groups in total. The Balaban J connectivity index is 1.86. The molecular formula is C15H13ClFNO3S. The first-order valence-electron chi connectivity index (χ1n) is 6.42. The van der Waals surface area contributed by atoms with E-state index < -0.39 is 24.3 Å². The number of thiophene rings is 1. The molecule has 0 bridgehead atoms. The minimum Gasteiger partial charge on any atom is -0.452 e. The molecule has 0 aliphatic heterocycles. The highest BCUT2D eigenvalue weighted by molar-refractivity contribution is 7.10. The normalized spacial score (nSPS) is 11.8. The summed E-state index contributed by atoms with van der Waals surface area (Å²) in [5.74, 6) is -1.75. The number of carbonyl (C=O) groups excluding carboxylic acids is 2. The molecule has 22 heavy (non-hydrogen) atoms. The van der Waals surface area contributed by atoms with Crippen molar-refractivity contribution >= 4 is 34.8 Å². The second-order valence-electron chi connectivity index (χ2n) is 4.50. The number of amides is 1. The quantitative estimate of drug-likeness (QED) is 0.846. The predicted molar refractivity (Wildman–Crippen MR) is 82.6 cm³/mol. The van der Waals surface area contributed by atoms with Gasteiger partial charge in [-0.15, -0.1) is 11.3 Å². The molecule has 4 nitrogen and oxygen atoms in total. The van der Waals surface area contributed by atoms with Crippen LogP contribution in [0.4, 0.5) is 4.39 Å². The molecule has 0 spiro atoms. The summed E-state index contributed by atoms with van der Waals surface area (Å²) in [6, 6.07) is 6.95. The van der Waals surface area contributed by atoms with E-state index in [1.165, 1.54) is 17.4 Å². The summed E-state index contributed by atoms with van der Waals surface area (Å²) in [5, 5.41) is 4.57. The van der Waals surface area contributed by atoms with E-state index in [2.05, 4.69) is 5.32 Å². The molecule has 0 unspecified atom stereocenters. The summed E-state index contributed by atoms with van der Waals surface area (Å²) >= 11 is 7.27. The Labute approximate surface area is 135 Å². The van der Waals surface area contributed by atoms with Gasteiger partial charge in [0.2, 0.25) is 0 Å². The zero-order valence-corrected chi connectivity index (χ0v) is 13.2. The highest BCUT2D eigenvalue weighted by atomic mass is 35.5. The third-order valence-electron chi connectivity index (χ3n) is 2.83. The van der Waals surface area contributed by atoms with E-state index in [1.54, 1.807) is 0 Å². The summed E-state index contributed by atoms with van der Waals surface area (Å²) in [4.78, 5) is 24.5. The number of nitrogens with one attached hydrogen (secondary N) is 1. The monoisotopic (exact) mass is 341 g/mol. The first-order valence-corrected chi connectivity index (χ1v) is 7.68. The van der Waals surface area contributed by atoms with Gasteiger partial charge in [-0.1, -0.05) is 17.7 Å². The van der Waals surface area contributed by atoms with Gasteiger partial charge >= 0.3 is 5.97 Å². The first-order chi connectivity index (χ1) is 10.5. The van der Waals surface area contributed by atoms with Gasteiger partial charge < -0.3 is 10.1 Å². The minimum atomic E-state index is -0.774. The predicted octanol–water partition coefficient (Wildman–Crippen LogP) is 3.57. The SMILES string of the molecule is C[C@H](NC(=O)COC(=O)c1ccc(F)cc1Cl)c1cccs1. The van der Waals surface area contributed by atoms with Crippen molar-refractivity contribution in [2.45, 2.75) is 13.0 Å². The third kappa shape index (κ3) is 4.29. The fraction of sp³-hybridized carbons (Fsp3) is 0.200. The van der Waals surface area contributed by atoms with E-state index in [0.29, 0.717) is 0 Å². The Morgan fingerprint density at radius 2 is 2.18 bits per heavy atom. The van der Waals surface area contributed by atoms with Crippen molar-refractivity contribution in [1.29, 1.82) is 0 Å². The zero-order valence-electron chi connectivity index (χ0n) is 11.6. The van der Waals surface area contributed by atoms with Crippen LogP contribution in [0, 0.1) is 5.82 Å². The maximum absolute atomic E-state index is 12.9. The van der Waals surface area contributed by atoms with Crippen LogP contribution in [0.3, 0.4) is 0 Å². The highest BCUT2D eigenvalue weighted by Crippen LogP contribution is 2.19. The van der Waals surface area contributed by atoms with Gasteiger partial charge in [0, 0.05) is 4.88 Å². The third-order valence-corrected chi connectivity index (χ3v) is 4.20. The van der Waals surface area contributed by atoms with Crippen LogP contribution in [0.2, 0.25) is 5.02 Å². The fourth-order valence-electron chi connectivity index (χ4n) is 1.76. The largest absolute Gasteiger partial charge is 0.452 e. The molecule has 1 aromatic heterocycles. The number of ether oxygens (including phenoxy) is 1. The standard InChI is InChI=1S/C15H13ClFNO3S/c1-9(13-3-2-6-22-13)18-14(19)8-21-15(20)11-5-4-10(17)7-12(11)16/h2-7,9H,8H2,1H3,(H,18,19)/t9-/m0/s1. The van der Waals surface area contributed by atoms with Crippen LogP contribution in [0.25, 0.3) is 0 Å². The lowest BCUT2D eigenvalue weighted by Crippen LogP contribution is -2.30. The van der Waals surface area contributed by atoms with Crippen molar-refractivity contribution in [1.82, 2.24) is 5.32 Å². The van der Waals surface area contributed by atoms with Crippen molar-refractivity contribution < 1.29 is 18.7 Å². The van der Waals surface area contributed by atoms with Gasteiger partial charge in [-0.05, 0) is 36.6 Å². The number of hydrogen-bond acceptors (Lipinski definition) is 4. The minimum absolute atomic E-state index is 0.0159. The van der Waals surface area contributed by atoms with Gasteiger partial charge in [0.25, 0.3) is 5.91 Å². The van der Waals surface area contributed by atoms with Crippen LogP contribution in [-0.2, 0) is 9.53 Å². The molecule has 116 valence electrons. The lowest BCUT2D eigenvalue weighted by molar-refractivity contribution is -0.124. The zero-order chi connectivity index (χ0) is 16.1. The summed E-state index contributed by atoms with van der Waals surface area (Å²) in [5.41, 5.74) is 0.0159. The Morgan fingerprint density at radius 1 is 1.41 bits per heavy atom. The Hall–Kier alpha value is -1.92. The van der Waals surface area contributed by atoms with Crippen LogP contribution < -0.4 is 5.32 Å². The lowest BCUT2D eigenvalue weighted by atomic mass is 10.2. The summed E-state index contributed by atoms with van der Waals surface area (Å²) in [6.45, 7) is 1.41. The Morgan fingerprint density at radius 3 is 2.82 bits per heavy atom. The molecule has 0 aliphatic rings. The number of benzene rings is 1. The van der Waals surface area contributed by atoms with E-state index in [9.17, 15) is 14.0 Å². The van der Waals surface area contributed by atoms with Crippen LogP contribution in [0.1, 0.15) is 28.2 Å². The van der Waals surface area contributed by atoms with Crippen LogP contribution >= 0.6 is 22.9 Å². The van der Waals surface area contributed by atoms with Gasteiger partial charge in [0.1, 0.15) is 5.82 Å². The van der Waals surface area contributed by atoms with Crippen molar-refractivity contribution in [2.24, 2.45) is 0 Å². The summed E-state index contributed by atoms with van der Waals surface area (Å²) in [6.07, 6.45) is 0. The number of esters is 1. The number of halogens is 2. The van der Waals surface area contributed by atoms with Crippen molar-refractivity contribution in [2.75, 3.05) is 6.61 Å². The second-order valence-corrected chi connectivity index (χ2v) is 5.89. The van der Waals surface area contributed by atoms with Gasteiger partial charge in [-0.2, -0.15) is 0 Å². The van der Waals surface area contributed by atoms with Crippen molar-refractivity contribution in [3.05, 3.63) is 57.0 Å². The average molecular weight is 342 g/mol. The van der Waals surface area contributed by atoms with Crippen LogP contribution in [-0.4, -0.2) is 18.5 Å². The average Bonchev–Trinajstić information content (AvgIpc) is 2.99. The van der Waals surface area contributed by atoms with E-state index in [1.807, 2.05) is 24.4 Å². The lowest BCUT2D eigenvalue weighted by Gasteiger charge is -2.12. The maximum atomic E-state index is 12.9. The molecule has 0 radical (unpaired) electrons. The molecule has 2 aromatic rings. The fourth-order valence-corrected chi connectivity index (χ4v) is 2.73. The van der Waals surface area contributed by atoms with E-state index >= 15 is 0 Å². The van der Waals surface area contributed by atoms with Crippen LogP contribution in [0.5, 0.6) is 0 Å². The van der Waals surface area contributed by atoms with Gasteiger partial charge in [0.15, 0.2) is 6.61 Å². The van der Waals surface area contributed by atoms with E-state index in [-0.39, 0.29) is 16.6 Å². The van der Waals surface area contributed by atoms with Gasteiger partial charge in [-0.3, -0.25) is 4.79 Å². The summed E-state index contributed by atoms with van der Waals surface area (Å²) < 4.78 is 17.8. The molecule has 7 heteroatoms. The molecule has 1 atom stereocenters. The highest BCUT2D eigenvalue weighted by Gasteiger charge is 2.16. The van der Waals surface area contributed by atoms with Crippen molar-refractivity contribution in [3.63, 3.8) is 0 Å². The molecule has 1 heterocycles. The molecule has 0 saturated heterocycles.